The molecule has 2 atom stereocenters. The molecule has 8 heteroatoms. The summed E-state index contributed by atoms with van der Waals surface area (Å²) in [6.45, 7) is 0.294. The van der Waals surface area contributed by atoms with Crippen LogP contribution < -0.4 is 5.32 Å². The maximum absolute atomic E-state index is 13.5. The summed E-state index contributed by atoms with van der Waals surface area (Å²) in [6.07, 6.45) is -0.0831. The lowest BCUT2D eigenvalue weighted by atomic mass is 9.95. The SMILES string of the molecule is CN(C(=O)OCC1c2ccccc2-c2ccccc21)[C@@H](CNC(=O)C(CC(=O)O)Cc1ccccc1)Cc1ccc(Cl)cc1. The number of likely N-dealkylation sites (N-methyl/N-ethyl adjacent to an activating group) is 1. The molecule has 1 aliphatic rings. The summed E-state index contributed by atoms with van der Waals surface area (Å²) < 4.78 is 5.90. The van der Waals surface area contributed by atoms with Crippen LogP contribution in [0.25, 0.3) is 11.1 Å². The van der Waals surface area contributed by atoms with E-state index in [1.54, 1.807) is 19.2 Å². The van der Waals surface area contributed by atoms with Crippen LogP contribution in [0.15, 0.2) is 103 Å². The number of carboxylic acids is 1. The third kappa shape index (κ3) is 7.47. The molecule has 0 radical (unpaired) electrons. The van der Waals surface area contributed by atoms with Crippen LogP contribution in [0.3, 0.4) is 0 Å². The van der Waals surface area contributed by atoms with E-state index in [4.69, 9.17) is 16.3 Å². The van der Waals surface area contributed by atoms with Crippen LogP contribution in [0.5, 0.6) is 0 Å². The summed E-state index contributed by atoms with van der Waals surface area (Å²) in [5.74, 6) is -2.26. The lowest BCUT2D eigenvalue weighted by molar-refractivity contribution is -0.141. The van der Waals surface area contributed by atoms with E-state index in [9.17, 15) is 19.5 Å². The predicted molar refractivity (Wildman–Crippen MR) is 171 cm³/mol. The lowest BCUT2D eigenvalue weighted by Crippen LogP contribution is -2.47. The number of fused-ring (bicyclic) bond motifs is 3. The number of rotatable bonds is 12. The smallest absolute Gasteiger partial charge is 0.409 e. The van der Waals surface area contributed by atoms with Crippen molar-refractivity contribution in [1.82, 2.24) is 10.2 Å². The molecule has 0 bridgehead atoms. The minimum atomic E-state index is -1.05. The van der Waals surface area contributed by atoms with Crippen LogP contribution in [-0.2, 0) is 27.2 Å². The van der Waals surface area contributed by atoms with E-state index in [1.807, 2.05) is 66.7 Å². The number of carbonyl (C=O) groups excluding carboxylic acids is 2. The molecule has 0 saturated heterocycles. The van der Waals surface area contributed by atoms with Gasteiger partial charge in [-0.25, -0.2) is 4.79 Å². The highest BCUT2D eigenvalue weighted by atomic mass is 35.5. The molecule has 0 spiro atoms. The number of ether oxygens (including phenoxy) is 1. The summed E-state index contributed by atoms with van der Waals surface area (Å²) in [5.41, 5.74) is 6.34. The average molecular weight is 611 g/mol. The van der Waals surface area contributed by atoms with Gasteiger partial charge in [-0.3, -0.25) is 9.59 Å². The minimum absolute atomic E-state index is 0.0797. The highest BCUT2D eigenvalue weighted by molar-refractivity contribution is 6.30. The van der Waals surface area contributed by atoms with E-state index in [-0.39, 0.29) is 31.4 Å². The van der Waals surface area contributed by atoms with Gasteiger partial charge in [0.25, 0.3) is 0 Å². The fourth-order valence-electron chi connectivity index (χ4n) is 5.81. The van der Waals surface area contributed by atoms with Gasteiger partial charge in [-0.1, -0.05) is 103 Å². The first-order chi connectivity index (χ1) is 21.3. The molecule has 0 saturated carbocycles. The Bertz CT molecular complexity index is 1560. The van der Waals surface area contributed by atoms with Crippen molar-refractivity contribution >= 4 is 29.6 Å². The Hall–Kier alpha value is -4.62. The quantitative estimate of drug-likeness (QED) is 0.189. The fraction of sp³-hybridized carbons (Fsp3) is 0.250. The van der Waals surface area contributed by atoms with E-state index in [0.717, 1.165) is 33.4 Å². The maximum Gasteiger partial charge on any atom is 0.409 e. The van der Waals surface area contributed by atoms with Gasteiger partial charge < -0.3 is 20.1 Å². The molecule has 44 heavy (non-hydrogen) atoms. The van der Waals surface area contributed by atoms with Crippen molar-refractivity contribution in [1.29, 1.82) is 0 Å². The van der Waals surface area contributed by atoms with Gasteiger partial charge in [-0.15, -0.1) is 0 Å². The summed E-state index contributed by atoms with van der Waals surface area (Å²) in [6, 6.07) is 32.5. The summed E-state index contributed by atoms with van der Waals surface area (Å²) >= 11 is 6.09. The Balaban J connectivity index is 1.29. The molecule has 0 aromatic heterocycles. The number of nitrogens with one attached hydrogen (secondary N) is 1. The van der Waals surface area contributed by atoms with Crippen molar-refractivity contribution in [3.05, 3.63) is 130 Å². The fourth-order valence-corrected chi connectivity index (χ4v) is 5.94. The molecular weight excluding hydrogens is 576 g/mol. The Labute approximate surface area is 262 Å². The van der Waals surface area contributed by atoms with E-state index in [2.05, 4.69) is 29.6 Å². The number of hydrogen-bond acceptors (Lipinski definition) is 4. The Morgan fingerprint density at radius 2 is 1.39 bits per heavy atom. The standard InChI is InChI=1S/C36H35ClN2O5/c1-39(36(43)44-23-33-31-13-7-5-11-29(31)30-12-6-8-14-32(30)33)28(20-25-15-17-27(37)18-16-25)22-38-35(42)26(21-34(40)41)19-24-9-3-2-4-10-24/h2-18,26,28,33H,19-23H2,1H3,(H,38,42)(H,40,41)/t26?,28-/m1/s1. The molecule has 4 aromatic rings. The van der Waals surface area contributed by atoms with Gasteiger partial charge in [0.2, 0.25) is 5.91 Å². The van der Waals surface area contributed by atoms with E-state index in [0.29, 0.717) is 17.9 Å². The number of hydrogen-bond donors (Lipinski definition) is 2. The van der Waals surface area contributed by atoms with Crippen LogP contribution in [0.4, 0.5) is 4.79 Å². The van der Waals surface area contributed by atoms with Gasteiger partial charge in [0.15, 0.2) is 0 Å². The van der Waals surface area contributed by atoms with Crippen molar-refractivity contribution in [2.45, 2.75) is 31.2 Å². The van der Waals surface area contributed by atoms with Gasteiger partial charge in [0.05, 0.1) is 18.4 Å². The molecule has 0 aliphatic heterocycles. The number of aliphatic carboxylic acids is 1. The average Bonchev–Trinajstić information content (AvgIpc) is 3.35. The first-order valence-corrected chi connectivity index (χ1v) is 15.0. The van der Waals surface area contributed by atoms with E-state index < -0.39 is 24.0 Å². The second-order valence-electron chi connectivity index (χ2n) is 11.1. The highest BCUT2D eigenvalue weighted by Gasteiger charge is 2.31. The molecule has 226 valence electrons. The maximum atomic E-state index is 13.5. The zero-order valence-corrected chi connectivity index (χ0v) is 25.2. The third-order valence-electron chi connectivity index (χ3n) is 8.19. The summed E-state index contributed by atoms with van der Waals surface area (Å²) in [7, 11) is 1.66. The summed E-state index contributed by atoms with van der Waals surface area (Å²) in [4.78, 5) is 39.8. The normalized spacial score (nSPS) is 13.3. The molecule has 1 aliphatic carbocycles. The zero-order chi connectivity index (χ0) is 31.1. The number of halogens is 1. The zero-order valence-electron chi connectivity index (χ0n) is 24.5. The number of amides is 2. The first kappa shape index (κ1) is 30.8. The second-order valence-corrected chi connectivity index (χ2v) is 11.6. The van der Waals surface area contributed by atoms with Gasteiger partial charge in [0, 0.05) is 24.5 Å². The summed E-state index contributed by atoms with van der Waals surface area (Å²) in [5, 5.41) is 13.0. The predicted octanol–water partition coefficient (Wildman–Crippen LogP) is 6.58. The third-order valence-corrected chi connectivity index (χ3v) is 8.44. The van der Waals surface area contributed by atoms with Crippen LogP contribution in [-0.4, -0.2) is 54.2 Å². The highest BCUT2D eigenvalue weighted by Crippen LogP contribution is 2.44. The molecule has 0 heterocycles. The van der Waals surface area contributed by atoms with Crippen molar-refractivity contribution in [2.75, 3.05) is 20.2 Å². The molecule has 4 aromatic carbocycles. The minimum Gasteiger partial charge on any atom is -0.481 e. The molecule has 7 nitrogen and oxygen atoms in total. The van der Waals surface area contributed by atoms with E-state index >= 15 is 0 Å². The number of nitrogens with zero attached hydrogens (tertiary/aromatic N) is 1. The number of carbonyl (C=O) groups is 3. The molecular formula is C36H35ClN2O5. The van der Waals surface area contributed by atoms with Crippen LogP contribution in [0, 0.1) is 5.92 Å². The Morgan fingerprint density at radius 3 is 2.00 bits per heavy atom. The van der Waals surface area contributed by atoms with Gasteiger partial charge in [-0.05, 0) is 58.4 Å². The molecule has 1 unspecified atom stereocenters. The van der Waals surface area contributed by atoms with Gasteiger partial charge >= 0.3 is 12.1 Å². The van der Waals surface area contributed by atoms with Crippen molar-refractivity contribution in [2.24, 2.45) is 5.92 Å². The topological polar surface area (TPSA) is 95.9 Å². The van der Waals surface area contributed by atoms with Crippen molar-refractivity contribution < 1.29 is 24.2 Å². The Morgan fingerprint density at radius 1 is 0.818 bits per heavy atom. The second kappa shape index (κ2) is 14.2. The van der Waals surface area contributed by atoms with Gasteiger partial charge in [0.1, 0.15) is 6.61 Å². The largest absolute Gasteiger partial charge is 0.481 e. The monoisotopic (exact) mass is 610 g/mol. The molecule has 2 N–H and O–H groups in total. The number of benzene rings is 4. The van der Waals surface area contributed by atoms with Gasteiger partial charge in [-0.2, -0.15) is 0 Å². The van der Waals surface area contributed by atoms with Crippen molar-refractivity contribution in [3.8, 4) is 11.1 Å². The van der Waals surface area contributed by atoms with Crippen LogP contribution >= 0.6 is 11.6 Å². The van der Waals surface area contributed by atoms with E-state index in [1.165, 1.54) is 4.90 Å². The number of carboxylic acid groups (broad SMARTS) is 1. The Kier molecular flexibility index (Phi) is 9.97. The first-order valence-electron chi connectivity index (χ1n) is 14.7. The van der Waals surface area contributed by atoms with Crippen LogP contribution in [0.1, 0.15) is 34.6 Å². The molecule has 2 amide bonds. The lowest BCUT2D eigenvalue weighted by Gasteiger charge is -2.29. The van der Waals surface area contributed by atoms with Crippen molar-refractivity contribution in [3.63, 3.8) is 0 Å². The van der Waals surface area contributed by atoms with Crippen LogP contribution in [0.2, 0.25) is 5.02 Å². The molecule has 0 fully saturated rings. The molecule has 5 rings (SSSR count).